The summed E-state index contributed by atoms with van der Waals surface area (Å²) in [5.41, 5.74) is -0.169. The van der Waals surface area contributed by atoms with Crippen molar-refractivity contribution in [2.45, 2.75) is 45.1 Å². The molecule has 4 heteroatoms. The maximum Gasteiger partial charge on any atom is 0.319 e. The van der Waals surface area contributed by atoms with Crippen molar-refractivity contribution in [1.29, 1.82) is 5.41 Å². The van der Waals surface area contributed by atoms with Gasteiger partial charge in [0.15, 0.2) is 5.90 Å². The maximum absolute atomic E-state index is 11.7. The van der Waals surface area contributed by atoms with E-state index in [1.807, 2.05) is 30.3 Å². The van der Waals surface area contributed by atoms with Crippen molar-refractivity contribution in [3.8, 4) is 0 Å². The van der Waals surface area contributed by atoms with E-state index in [9.17, 15) is 9.90 Å². The average Bonchev–Trinajstić information content (AvgIpc) is 2.72. The SMILES string of the molecule is N=C(OCc1ccccc1)C1(C(=O)O)CCCCCC1. The Bertz CT molecular complexity index is 462. The second-order valence-electron chi connectivity index (χ2n) is 5.40. The topological polar surface area (TPSA) is 70.4 Å². The Morgan fingerprint density at radius 2 is 1.75 bits per heavy atom. The number of ether oxygens (including phenoxy) is 1. The van der Waals surface area contributed by atoms with E-state index in [2.05, 4.69) is 0 Å². The molecule has 4 nitrogen and oxygen atoms in total. The van der Waals surface area contributed by atoms with E-state index in [-0.39, 0.29) is 12.5 Å². The molecule has 0 unspecified atom stereocenters. The van der Waals surface area contributed by atoms with Crippen molar-refractivity contribution in [2.75, 3.05) is 0 Å². The van der Waals surface area contributed by atoms with Crippen LogP contribution in [0.25, 0.3) is 0 Å². The molecule has 20 heavy (non-hydrogen) atoms. The molecule has 2 N–H and O–H groups in total. The van der Waals surface area contributed by atoms with Gasteiger partial charge in [-0.05, 0) is 18.4 Å². The minimum absolute atomic E-state index is 0.0873. The van der Waals surface area contributed by atoms with Crippen LogP contribution >= 0.6 is 0 Å². The first-order valence-corrected chi connectivity index (χ1v) is 7.14. The third kappa shape index (κ3) is 3.18. The molecule has 0 atom stereocenters. The van der Waals surface area contributed by atoms with Gasteiger partial charge in [-0.3, -0.25) is 10.2 Å². The Hall–Kier alpha value is -1.84. The van der Waals surface area contributed by atoms with Crippen LogP contribution in [0.5, 0.6) is 0 Å². The molecule has 1 fully saturated rings. The van der Waals surface area contributed by atoms with Crippen molar-refractivity contribution in [1.82, 2.24) is 0 Å². The summed E-state index contributed by atoms with van der Waals surface area (Å²) >= 11 is 0. The first kappa shape index (κ1) is 14.6. The van der Waals surface area contributed by atoms with Gasteiger partial charge in [0.2, 0.25) is 0 Å². The predicted molar refractivity (Wildman–Crippen MR) is 76.7 cm³/mol. The molecule has 0 amide bonds. The first-order chi connectivity index (χ1) is 9.65. The molecule has 0 heterocycles. The van der Waals surface area contributed by atoms with Gasteiger partial charge in [-0.15, -0.1) is 0 Å². The Kier molecular flexibility index (Phi) is 4.77. The zero-order valence-corrected chi connectivity index (χ0v) is 11.6. The van der Waals surface area contributed by atoms with Gasteiger partial charge in [-0.2, -0.15) is 0 Å². The standard InChI is InChI=1S/C16H21NO3/c17-14(20-12-13-8-4-3-5-9-13)16(15(18)19)10-6-1-2-7-11-16/h3-5,8-9,17H,1-2,6-7,10-12H2,(H,18,19). The fourth-order valence-electron chi connectivity index (χ4n) is 2.74. The molecule has 1 aromatic carbocycles. The van der Waals surface area contributed by atoms with E-state index in [1.54, 1.807) is 0 Å². The van der Waals surface area contributed by atoms with Crippen LogP contribution in [0.4, 0.5) is 0 Å². The van der Waals surface area contributed by atoms with Crippen molar-refractivity contribution in [3.63, 3.8) is 0 Å². The van der Waals surface area contributed by atoms with Crippen molar-refractivity contribution in [3.05, 3.63) is 35.9 Å². The molecular weight excluding hydrogens is 254 g/mol. The quantitative estimate of drug-likeness (QED) is 0.501. The summed E-state index contributed by atoms with van der Waals surface area (Å²) in [5, 5.41) is 17.7. The number of hydrogen-bond acceptors (Lipinski definition) is 3. The summed E-state index contributed by atoms with van der Waals surface area (Å²) < 4.78 is 5.49. The Morgan fingerprint density at radius 1 is 1.15 bits per heavy atom. The zero-order chi connectivity index (χ0) is 14.4. The van der Waals surface area contributed by atoms with Gasteiger partial charge in [-0.1, -0.05) is 56.0 Å². The van der Waals surface area contributed by atoms with Crippen LogP contribution in [0.3, 0.4) is 0 Å². The normalized spacial score (nSPS) is 18.0. The maximum atomic E-state index is 11.7. The number of carbonyl (C=O) groups is 1. The van der Waals surface area contributed by atoms with Gasteiger partial charge in [0.1, 0.15) is 12.0 Å². The predicted octanol–water partition coefficient (Wildman–Crippen LogP) is 3.61. The van der Waals surface area contributed by atoms with Gasteiger partial charge in [-0.25, -0.2) is 0 Å². The molecule has 0 spiro atoms. The largest absolute Gasteiger partial charge is 0.480 e. The summed E-state index contributed by atoms with van der Waals surface area (Å²) in [7, 11) is 0. The van der Waals surface area contributed by atoms with Crippen LogP contribution in [0.1, 0.15) is 44.1 Å². The second-order valence-corrected chi connectivity index (χ2v) is 5.40. The fraction of sp³-hybridized carbons (Fsp3) is 0.500. The van der Waals surface area contributed by atoms with Gasteiger partial charge in [0.25, 0.3) is 0 Å². The third-order valence-electron chi connectivity index (χ3n) is 4.03. The number of carboxylic acids is 1. The smallest absolute Gasteiger partial charge is 0.319 e. The highest BCUT2D eigenvalue weighted by Gasteiger charge is 2.44. The first-order valence-electron chi connectivity index (χ1n) is 7.14. The lowest BCUT2D eigenvalue weighted by Gasteiger charge is -2.28. The zero-order valence-electron chi connectivity index (χ0n) is 11.6. The lowest BCUT2D eigenvalue weighted by atomic mass is 9.80. The van der Waals surface area contributed by atoms with Crippen LogP contribution in [0, 0.1) is 10.8 Å². The van der Waals surface area contributed by atoms with Gasteiger partial charge >= 0.3 is 5.97 Å². The van der Waals surface area contributed by atoms with Crippen molar-refractivity contribution < 1.29 is 14.6 Å². The molecule has 108 valence electrons. The summed E-state index contributed by atoms with van der Waals surface area (Å²) in [5.74, 6) is -1.01. The highest BCUT2D eigenvalue weighted by Crippen LogP contribution is 2.37. The third-order valence-corrected chi connectivity index (χ3v) is 4.03. The van der Waals surface area contributed by atoms with E-state index >= 15 is 0 Å². The van der Waals surface area contributed by atoms with Crippen LogP contribution in [0.2, 0.25) is 0 Å². The highest BCUT2D eigenvalue weighted by atomic mass is 16.5. The number of rotatable bonds is 4. The molecule has 1 aromatic rings. The monoisotopic (exact) mass is 275 g/mol. The molecular formula is C16H21NO3. The van der Waals surface area contributed by atoms with Crippen molar-refractivity contribution >= 4 is 11.9 Å². The van der Waals surface area contributed by atoms with E-state index in [1.165, 1.54) is 0 Å². The van der Waals surface area contributed by atoms with Gasteiger partial charge in [0, 0.05) is 0 Å². The Balaban J connectivity index is 2.05. The summed E-state index contributed by atoms with van der Waals surface area (Å²) in [4.78, 5) is 11.7. The Labute approximate surface area is 119 Å². The number of nitrogens with one attached hydrogen (secondary N) is 1. The highest BCUT2D eigenvalue weighted by molar-refractivity contribution is 6.00. The van der Waals surface area contributed by atoms with Gasteiger partial charge in [0.05, 0.1) is 0 Å². The van der Waals surface area contributed by atoms with Crippen LogP contribution in [0.15, 0.2) is 30.3 Å². The number of aliphatic carboxylic acids is 1. The number of carboxylic acid groups (broad SMARTS) is 1. The summed E-state index contributed by atoms with van der Waals surface area (Å²) in [6, 6.07) is 9.54. The van der Waals surface area contributed by atoms with Crippen LogP contribution in [-0.4, -0.2) is 17.0 Å². The molecule has 0 radical (unpaired) electrons. The minimum atomic E-state index is -1.12. The molecule has 0 saturated heterocycles. The average molecular weight is 275 g/mol. The van der Waals surface area contributed by atoms with E-state index in [0.717, 1.165) is 31.2 Å². The Morgan fingerprint density at radius 3 is 2.30 bits per heavy atom. The van der Waals surface area contributed by atoms with E-state index in [0.29, 0.717) is 12.8 Å². The van der Waals surface area contributed by atoms with Crippen molar-refractivity contribution in [2.24, 2.45) is 5.41 Å². The molecule has 2 rings (SSSR count). The lowest BCUT2D eigenvalue weighted by molar-refractivity contribution is -0.146. The van der Waals surface area contributed by atoms with E-state index < -0.39 is 11.4 Å². The molecule has 1 aliphatic carbocycles. The second kappa shape index (κ2) is 6.55. The van der Waals surface area contributed by atoms with Crippen LogP contribution in [-0.2, 0) is 16.1 Å². The molecule has 0 aromatic heterocycles. The number of benzene rings is 1. The summed E-state index contributed by atoms with van der Waals surface area (Å²) in [6.07, 6.45) is 4.81. The van der Waals surface area contributed by atoms with Gasteiger partial charge < -0.3 is 9.84 Å². The molecule has 0 bridgehead atoms. The molecule has 1 aliphatic rings. The number of hydrogen-bond donors (Lipinski definition) is 2. The lowest BCUT2D eigenvalue weighted by Crippen LogP contribution is -2.39. The van der Waals surface area contributed by atoms with Crippen LogP contribution < -0.4 is 0 Å². The fourth-order valence-corrected chi connectivity index (χ4v) is 2.74. The minimum Gasteiger partial charge on any atom is -0.480 e. The molecule has 1 saturated carbocycles. The van der Waals surface area contributed by atoms with E-state index in [4.69, 9.17) is 10.1 Å². The summed E-state index contributed by atoms with van der Waals surface area (Å²) in [6.45, 7) is 0.259. The molecule has 0 aliphatic heterocycles.